The molecule has 5 nitrogen and oxygen atoms in total. The summed E-state index contributed by atoms with van der Waals surface area (Å²) in [6.07, 6.45) is 4.64. The van der Waals surface area contributed by atoms with Gasteiger partial charge in [-0.3, -0.25) is 0 Å². The summed E-state index contributed by atoms with van der Waals surface area (Å²) in [7, 11) is 0. The number of carbonyl (C=O) groups excluding carboxylic acids is 1. The summed E-state index contributed by atoms with van der Waals surface area (Å²) >= 11 is 1.75. The van der Waals surface area contributed by atoms with E-state index in [9.17, 15) is 9.59 Å². The van der Waals surface area contributed by atoms with Gasteiger partial charge in [0, 0.05) is 11.3 Å². The molecule has 0 aromatic carbocycles. The van der Waals surface area contributed by atoms with E-state index in [0.717, 1.165) is 12.8 Å². The number of nitrogens with one attached hydrogen (secondary N) is 2. The van der Waals surface area contributed by atoms with E-state index in [-0.39, 0.29) is 4.75 Å². The Morgan fingerprint density at radius 2 is 2.12 bits per heavy atom. The molecule has 1 fully saturated rings. The lowest BCUT2D eigenvalue weighted by atomic mass is 10.2. The van der Waals surface area contributed by atoms with Crippen molar-refractivity contribution in [2.45, 2.75) is 37.0 Å². The van der Waals surface area contributed by atoms with Crippen LogP contribution in [0.2, 0.25) is 0 Å². The maximum atomic E-state index is 11.4. The highest BCUT2D eigenvalue weighted by Gasteiger charge is 2.42. The Labute approximate surface area is 99.4 Å². The van der Waals surface area contributed by atoms with Crippen molar-refractivity contribution in [3.63, 3.8) is 0 Å². The van der Waals surface area contributed by atoms with E-state index < -0.39 is 18.0 Å². The van der Waals surface area contributed by atoms with Gasteiger partial charge in [-0.05, 0) is 25.5 Å². The minimum Gasteiger partial charge on any atom is -0.480 e. The highest BCUT2D eigenvalue weighted by atomic mass is 32.2. The first-order chi connectivity index (χ1) is 7.53. The second-order valence-corrected chi connectivity index (χ2v) is 5.29. The van der Waals surface area contributed by atoms with Crippen LogP contribution in [0, 0.1) is 0 Å². The number of aliphatic carboxylic acids is 1. The lowest BCUT2D eigenvalue weighted by molar-refractivity contribution is -0.139. The van der Waals surface area contributed by atoms with Gasteiger partial charge in [-0.25, -0.2) is 9.59 Å². The Morgan fingerprint density at radius 1 is 1.50 bits per heavy atom. The van der Waals surface area contributed by atoms with Gasteiger partial charge in [-0.1, -0.05) is 6.92 Å². The molecular weight excluding hydrogens is 228 g/mol. The monoisotopic (exact) mass is 246 g/mol. The summed E-state index contributed by atoms with van der Waals surface area (Å²) in [5, 5.41) is 13.9. The molecule has 2 amide bonds. The second-order valence-electron chi connectivity index (χ2n) is 4.01. The largest absolute Gasteiger partial charge is 0.480 e. The first kappa shape index (κ1) is 13.2. The molecule has 92 valence electrons. The first-order valence-electron chi connectivity index (χ1n) is 5.35. The summed E-state index contributed by atoms with van der Waals surface area (Å²) in [6, 6.07) is -1.20. The second kappa shape index (κ2) is 5.43. The fraction of sp³-hybridized carbons (Fsp3) is 0.800. The van der Waals surface area contributed by atoms with Gasteiger partial charge < -0.3 is 15.7 Å². The van der Waals surface area contributed by atoms with Crippen LogP contribution in [0.4, 0.5) is 4.79 Å². The molecule has 16 heavy (non-hydrogen) atoms. The quantitative estimate of drug-likeness (QED) is 0.654. The zero-order valence-corrected chi connectivity index (χ0v) is 10.4. The Hall–Kier alpha value is -0.910. The van der Waals surface area contributed by atoms with Gasteiger partial charge in [-0.15, -0.1) is 0 Å². The Kier molecular flexibility index (Phi) is 4.46. The van der Waals surface area contributed by atoms with Crippen molar-refractivity contribution in [3.8, 4) is 0 Å². The maximum Gasteiger partial charge on any atom is 0.326 e. The molecule has 0 aromatic rings. The number of thioether (sulfide) groups is 1. The predicted octanol–water partition coefficient (Wildman–Crippen LogP) is 1.04. The lowest BCUT2D eigenvalue weighted by Crippen LogP contribution is -2.47. The fourth-order valence-corrected chi connectivity index (χ4v) is 2.11. The number of urea groups is 1. The molecule has 0 heterocycles. The predicted molar refractivity (Wildman–Crippen MR) is 63.7 cm³/mol. The Bertz CT molecular complexity index is 279. The van der Waals surface area contributed by atoms with Crippen molar-refractivity contribution in [3.05, 3.63) is 0 Å². The van der Waals surface area contributed by atoms with Gasteiger partial charge in [0.15, 0.2) is 0 Å². The van der Waals surface area contributed by atoms with Crippen LogP contribution in [-0.4, -0.2) is 40.7 Å². The van der Waals surface area contributed by atoms with Crippen LogP contribution in [0.3, 0.4) is 0 Å². The normalized spacial score (nSPS) is 18.6. The number of rotatable bonds is 6. The minimum atomic E-state index is -0.997. The van der Waals surface area contributed by atoms with Gasteiger partial charge in [0.1, 0.15) is 6.04 Å². The van der Waals surface area contributed by atoms with Crippen LogP contribution >= 0.6 is 11.8 Å². The van der Waals surface area contributed by atoms with E-state index in [4.69, 9.17) is 5.11 Å². The smallest absolute Gasteiger partial charge is 0.326 e. The van der Waals surface area contributed by atoms with Crippen LogP contribution in [0.25, 0.3) is 0 Å². The zero-order chi connectivity index (χ0) is 12.2. The standard InChI is InChI=1S/C10H18N2O3S/c1-3-7(8(13)14)12-9(15)11-6-10(16-2)4-5-10/h7H,3-6H2,1-2H3,(H,13,14)(H2,11,12,15)/t7-/m0/s1. The van der Waals surface area contributed by atoms with Crippen molar-refractivity contribution in [1.82, 2.24) is 10.6 Å². The molecule has 0 spiro atoms. The fourth-order valence-electron chi connectivity index (χ4n) is 1.38. The first-order valence-corrected chi connectivity index (χ1v) is 6.58. The summed E-state index contributed by atoms with van der Waals surface area (Å²) in [4.78, 5) is 22.1. The summed E-state index contributed by atoms with van der Waals surface area (Å²) in [5.41, 5.74) is 0. The number of hydrogen-bond donors (Lipinski definition) is 3. The van der Waals surface area contributed by atoms with Crippen LogP contribution in [-0.2, 0) is 4.79 Å². The molecule has 1 atom stereocenters. The van der Waals surface area contributed by atoms with Gasteiger partial charge in [-0.2, -0.15) is 11.8 Å². The molecule has 0 bridgehead atoms. The number of carboxylic acids is 1. The topological polar surface area (TPSA) is 78.4 Å². The van der Waals surface area contributed by atoms with E-state index in [1.807, 2.05) is 6.26 Å². The van der Waals surface area contributed by atoms with Gasteiger partial charge in [0.2, 0.25) is 0 Å². The van der Waals surface area contributed by atoms with Crippen molar-refractivity contribution in [2.24, 2.45) is 0 Å². The third kappa shape index (κ3) is 3.59. The van der Waals surface area contributed by atoms with E-state index in [2.05, 4.69) is 10.6 Å². The zero-order valence-electron chi connectivity index (χ0n) is 9.58. The summed E-state index contributed by atoms with van der Waals surface area (Å²) in [5.74, 6) is -0.997. The van der Waals surface area contributed by atoms with Crippen LogP contribution in [0.1, 0.15) is 26.2 Å². The molecule has 1 aliphatic rings. The SMILES string of the molecule is CC[C@H](NC(=O)NCC1(SC)CC1)C(=O)O. The van der Waals surface area contributed by atoms with E-state index in [1.165, 1.54) is 0 Å². The molecule has 0 aliphatic heterocycles. The Balaban J connectivity index is 2.27. The molecule has 0 unspecified atom stereocenters. The van der Waals surface area contributed by atoms with Crippen LogP contribution < -0.4 is 10.6 Å². The molecule has 6 heteroatoms. The third-order valence-electron chi connectivity index (χ3n) is 2.82. The van der Waals surface area contributed by atoms with Crippen LogP contribution in [0.5, 0.6) is 0 Å². The van der Waals surface area contributed by atoms with Gasteiger partial charge >= 0.3 is 12.0 Å². The number of carbonyl (C=O) groups is 2. The Morgan fingerprint density at radius 3 is 2.50 bits per heavy atom. The van der Waals surface area contributed by atoms with Crippen LogP contribution in [0.15, 0.2) is 0 Å². The third-order valence-corrected chi connectivity index (χ3v) is 4.24. The van der Waals surface area contributed by atoms with Crippen molar-refractivity contribution in [1.29, 1.82) is 0 Å². The molecule has 0 aromatic heterocycles. The number of hydrogen-bond acceptors (Lipinski definition) is 3. The molecular formula is C10H18N2O3S. The highest BCUT2D eigenvalue weighted by molar-refractivity contribution is 8.00. The highest BCUT2D eigenvalue weighted by Crippen LogP contribution is 2.46. The number of carboxylic acid groups (broad SMARTS) is 1. The summed E-state index contributed by atoms with van der Waals surface area (Å²) < 4.78 is 0.197. The average molecular weight is 246 g/mol. The lowest BCUT2D eigenvalue weighted by Gasteiger charge is -2.16. The van der Waals surface area contributed by atoms with Crippen molar-refractivity contribution < 1.29 is 14.7 Å². The van der Waals surface area contributed by atoms with Gasteiger partial charge in [0.25, 0.3) is 0 Å². The molecule has 1 saturated carbocycles. The molecule has 3 N–H and O–H groups in total. The maximum absolute atomic E-state index is 11.4. The van der Waals surface area contributed by atoms with E-state index in [0.29, 0.717) is 13.0 Å². The summed E-state index contributed by atoms with van der Waals surface area (Å²) in [6.45, 7) is 2.33. The molecule has 0 radical (unpaired) electrons. The minimum absolute atomic E-state index is 0.197. The van der Waals surface area contributed by atoms with Gasteiger partial charge in [0.05, 0.1) is 0 Å². The van der Waals surface area contributed by atoms with E-state index >= 15 is 0 Å². The number of amides is 2. The molecule has 1 aliphatic carbocycles. The molecule has 1 rings (SSSR count). The molecule has 0 saturated heterocycles. The van der Waals surface area contributed by atoms with Crippen molar-refractivity contribution in [2.75, 3.05) is 12.8 Å². The van der Waals surface area contributed by atoms with E-state index in [1.54, 1.807) is 18.7 Å². The average Bonchev–Trinajstić information content (AvgIpc) is 3.03. The van der Waals surface area contributed by atoms with Crippen molar-refractivity contribution >= 4 is 23.8 Å².